The molecular formula is C10H20N4O2S. The van der Waals surface area contributed by atoms with Gasteiger partial charge < -0.3 is 9.88 Å². The Hall–Kier alpha value is -0.920. The molecule has 6 nitrogen and oxygen atoms in total. The molecule has 0 saturated heterocycles. The molecule has 0 saturated carbocycles. The predicted molar refractivity (Wildman–Crippen MR) is 67.1 cm³/mol. The number of nitrogens with zero attached hydrogens (tertiary/aromatic N) is 2. The van der Waals surface area contributed by atoms with Gasteiger partial charge in [-0.15, -0.1) is 0 Å². The number of hydrogen-bond acceptors (Lipinski definition) is 4. The first-order valence-electron chi connectivity index (χ1n) is 5.57. The smallest absolute Gasteiger partial charge is 0.215 e. The Bertz CT molecular complexity index is 416. The van der Waals surface area contributed by atoms with Gasteiger partial charge in [0, 0.05) is 31.5 Å². The lowest BCUT2D eigenvalue weighted by Crippen LogP contribution is -2.43. The highest BCUT2D eigenvalue weighted by atomic mass is 32.2. The molecule has 0 aliphatic rings. The fraction of sp³-hybridized carbons (Fsp3) is 0.700. The van der Waals surface area contributed by atoms with Gasteiger partial charge in [-0.25, -0.2) is 18.1 Å². The molecule has 0 fully saturated rings. The number of nitrogens with one attached hydrogen (secondary N) is 2. The SMILES string of the molecule is CNCC(C)S(=O)(=O)NC(C)Cn1ccnc1. The lowest BCUT2D eigenvalue weighted by molar-refractivity contribution is 0.511. The summed E-state index contributed by atoms with van der Waals surface area (Å²) in [5.41, 5.74) is 0. The number of sulfonamides is 1. The van der Waals surface area contributed by atoms with E-state index < -0.39 is 15.3 Å². The van der Waals surface area contributed by atoms with Gasteiger partial charge in [-0.2, -0.15) is 0 Å². The summed E-state index contributed by atoms with van der Waals surface area (Å²) >= 11 is 0. The monoisotopic (exact) mass is 260 g/mol. The van der Waals surface area contributed by atoms with E-state index in [-0.39, 0.29) is 6.04 Å². The van der Waals surface area contributed by atoms with Crippen LogP contribution in [0.15, 0.2) is 18.7 Å². The van der Waals surface area contributed by atoms with Crippen molar-refractivity contribution in [3.8, 4) is 0 Å². The second-order valence-electron chi connectivity index (χ2n) is 4.19. The number of rotatable bonds is 7. The van der Waals surface area contributed by atoms with Crippen molar-refractivity contribution in [2.75, 3.05) is 13.6 Å². The third kappa shape index (κ3) is 4.45. The molecule has 7 heteroatoms. The van der Waals surface area contributed by atoms with Gasteiger partial charge in [0.1, 0.15) is 0 Å². The molecule has 1 aromatic rings. The molecule has 1 rings (SSSR count). The van der Waals surface area contributed by atoms with E-state index in [0.717, 1.165) is 0 Å². The highest BCUT2D eigenvalue weighted by Crippen LogP contribution is 2.00. The fourth-order valence-electron chi connectivity index (χ4n) is 1.54. The van der Waals surface area contributed by atoms with E-state index in [2.05, 4.69) is 15.0 Å². The molecule has 0 radical (unpaired) electrons. The van der Waals surface area contributed by atoms with Crippen LogP contribution in [-0.2, 0) is 16.6 Å². The average molecular weight is 260 g/mol. The van der Waals surface area contributed by atoms with Crippen LogP contribution in [0.25, 0.3) is 0 Å². The first-order chi connectivity index (χ1) is 7.95. The molecule has 17 heavy (non-hydrogen) atoms. The lowest BCUT2D eigenvalue weighted by Gasteiger charge is -2.18. The largest absolute Gasteiger partial charge is 0.336 e. The molecule has 98 valence electrons. The third-order valence-corrected chi connectivity index (χ3v) is 4.39. The fourth-order valence-corrected chi connectivity index (χ4v) is 2.80. The summed E-state index contributed by atoms with van der Waals surface area (Å²) in [5, 5.41) is 2.41. The average Bonchev–Trinajstić information content (AvgIpc) is 2.69. The molecule has 0 aromatic carbocycles. The first-order valence-corrected chi connectivity index (χ1v) is 7.12. The summed E-state index contributed by atoms with van der Waals surface area (Å²) in [4.78, 5) is 3.91. The van der Waals surface area contributed by atoms with Crippen molar-refractivity contribution in [3.05, 3.63) is 18.7 Å². The van der Waals surface area contributed by atoms with E-state index in [0.29, 0.717) is 13.1 Å². The minimum absolute atomic E-state index is 0.159. The van der Waals surface area contributed by atoms with Crippen LogP contribution in [0.3, 0.4) is 0 Å². The minimum Gasteiger partial charge on any atom is -0.336 e. The molecule has 0 aliphatic heterocycles. The Balaban J connectivity index is 2.52. The summed E-state index contributed by atoms with van der Waals surface area (Å²) in [6.07, 6.45) is 5.15. The van der Waals surface area contributed by atoms with E-state index in [1.54, 1.807) is 26.5 Å². The van der Waals surface area contributed by atoms with Crippen molar-refractivity contribution in [3.63, 3.8) is 0 Å². The van der Waals surface area contributed by atoms with E-state index >= 15 is 0 Å². The van der Waals surface area contributed by atoms with Gasteiger partial charge in [0.15, 0.2) is 0 Å². The van der Waals surface area contributed by atoms with Crippen LogP contribution < -0.4 is 10.0 Å². The minimum atomic E-state index is -3.27. The lowest BCUT2D eigenvalue weighted by atomic mass is 10.4. The molecule has 0 aliphatic carbocycles. The van der Waals surface area contributed by atoms with Crippen LogP contribution >= 0.6 is 0 Å². The maximum atomic E-state index is 11.9. The Labute approximate surface area is 102 Å². The van der Waals surface area contributed by atoms with Gasteiger partial charge in [0.2, 0.25) is 10.0 Å². The van der Waals surface area contributed by atoms with Crippen LogP contribution in [0.1, 0.15) is 13.8 Å². The van der Waals surface area contributed by atoms with Gasteiger partial charge in [-0.1, -0.05) is 0 Å². The summed E-state index contributed by atoms with van der Waals surface area (Å²) in [5.74, 6) is 0. The number of aromatic nitrogens is 2. The van der Waals surface area contributed by atoms with Gasteiger partial charge >= 0.3 is 0 Å². The quantitative estimate of drug-likeness (QED) is 0.712. The highest BCUT2D eigenvalue weighted by Gasteiger charge is 2.21. The Kier molecular flexibility index (Phi) is 5.10. The second kappa shape index (κ2) is 6.13. The molecule has 0 amide bonds. The van der Waals surface area contributed by atoms with E-state index in [4.69, 9.17) is 0 Å². The molecule has 2 unspecified atom stereocenters. The number of hydrogen-bond donors (Lipinski definition) is 2. The van der Waals surface area contributed by atoms with Crippen LogP contribution in [0.5, 0.6) is 0 Å². The normalized spacial score (nSPS) is 15.7. The van der Waals surface area contributed by atoms with Crippen molar-refractivity contribution in [1.29, 1.82) is 0 Å². The van der Waals surface area contributed by atoms with Crippen molar-refractivity contribution in [2.24, 2.45) is 0 Å². The summed E-state index contributed by atoms with van der Waals surface area (Å²) in [6.45, 7) is 4.53. The van der Waals surface area contributed by atoms with Gasteiger partial charge in [0.25, 0.3) is 0 Å². The third-order valence-electron chi connectivity index (χ3n) is 2.43. The molecular weight excluding hydrogens is 240 g/mol. The van der Waals surface area contributed by atoms with Crippen LogP contribution in [0.4, 0.5) is 0 Å². The molecule has 0 spiro atoms. The Morgan fingerprint density at radius 1 is 1.41 bits per heavy atom. The topological polar surface area (TPSA) is 76.0 Å². The first kappa shape index (κ1) is 14.1. The molecule has 1 heterocycles. The van der Waals surface area contributed by atoms with E-state index in [9.17, 15) is 8.42 Å². The maximum absolute atomic E-state index is 11.9. The Morgan fingerprint density at radius 2 is 2.12 bits per heavy atom. The summed E-state index contributed by atoms with van der Waals surface area (Å²) < 4.78 is 28.3. The van der Waals surface area contributed by atoms with Gasteiger partial charge in [-0.05, 0) is 20.9 Å². The predicted octanol–water partition coefficient (Wildman–Crippen LogP) is -0.201. The highest BCUT2D eigenvalue weighted by molar-refractivity contribution is 7.90. The second-order valence-corrected chi connectivity index (χ2v) is 6.32. The zero-order valence-corrected chi connectivity index (χ0v) is 11.2. The summed E-state index contributed by atoms with van der Waals surface area (Å²) in [7, 11) is -1.53. The van der Waals surface area contributed by atoms with Crippen molar-refractivity contribution < 1.29 is 8.42 Å². The standard InChI is InChI=1S/C10H20N4O2S/c1-9(7-14-5-4-12-8-14)13-17(15,16)10(2)6-11-3/h4-5,8-11,13H,6-7H2,1-3H3. The molecule has 2 N–H and O–H groups in total. The van der Waals surface area contributed by atoms with Crippen LogP contribution in [0, 0.1) is 0 Å². The Morgan fingerprint density at radius 3 is 2.65 bits per heavy atom. The van der Waals surface area contributed by atoms with Gasteiger partial charge in [-0.3, -0.25) is 0 Å². The van der Waals surface area contributed by atoms with Crippen molar-refractivity contribution >= 4 is 10.0 Å². The summed E-state index contributed by atoms with van der Waals surface area (Å²) in [6, 6.07) is -0.159. The molecule has 0 bridgehead atoms. The van der Waals surface area contributed by atoms with Gasteiger partial charge in [0.05, 0.1) is 11.6 Å². The van der Waals surface area contributed by atoms with Crippen LogP contribution in [-0.4, -0.2) is 42.9 Å². The van der Waals surface area contributed by atoms with E-state index in [1.165, 1.54) is 0 Å². The molecule has 1 aromatic heterocycles. The van der Waals surface area contributed by atoms with Crippen molar-refractivity contribution in [1.82, 2.24) is 19.6 Å². The zero-order valence-electron chi connectivity index (χ0n) is 10.4. The van der Waals surface area contributed by atoms with Crippen LogP contribution in [0.2, 0.25) is 0 Å². The number of imidazole rings is 1. The van der Waals surface area contributed by atoms with Crippen molar-refractivity contribution in [2.45, 2.75) is 31.7 Å². The van der Waals surface area contributed by atoms with E-state index in [1.807, 2.05) is 17.7 Å². The maximum Gasteiger partial charge on any atom is 0.215 e. The molecule has 2 atom stereocenters. The zero-order chi connectivity index (χ0) is 12.9.